The second-order valence-electron chi connectivity index (χ2n) is 2.65. The van der Waals surface area contributed by atoms with Gasteiger partial charge in [0.15, 0.2) is 5.12 Å². The zero-order chi connectivity index (χ0) is 10.3. The molecule has 1 amide bonds. The number of amides is 1. The van der Waals surface area contributed by atoms with Crippen LogP contribution in [0.2, 0.25) is 0 Å². The summed E-state index contributed by atoms with van der Waals surface area (Å²) in [7, 11) is 1.53. The molecular weight excluding hydrogens is 188 g/mol. The van der Waals surface area contributed by atoms with Gasteiger partial charge in [-0.2, -0.15) is 0 Å². The predicted octanol–water partition coefficient (Wildman–Crippen LogP) is 0.120. The maximum atomic E-state index is 11.0. The number of nitrogens with two attached hydrogens (primary N) is 1. The molecule has 0 aromatic carbocycles. The van der Waals surface area contributed by atoms with Gasteiger partial charge in [-0.3, -0.25) is 9.59 Å². The summed E-state index contributed by atoms with van der Waals surface area (Å²) >= 11 is 1.13. The Hall–Kier alpha value is -0.550. The molecule has 0 spiro atoms. The van der Waals surface area contributed by atoms with E-state index in [1.165, 1.54) is 7.05 Å². The van der Waals surface area contributed by atoms with Gasteiger partial charge in [0.05, 0.1) is 6.04 Å². The minimum Gasteiger partial charge on any atom is -0.358 e. The SMILES string of the molecule is CCCC(=O)SC[C@@H](N)C(=O)NC. The lowest BCUT2D eigenvalue weighted by Crippen LogP contribution is -2.40. The summed E-state index contributed by atoms with van der Waals surface area (Å²) in [5.41, 5.74) is 5.49. The van der Waals surface area contributed by atoms with E-state index < -0.39 is 6.04 Å². The molecule has 0 unspecified atom stereocenters. The van der Waals surface area contributed by atoms with Gasteiger partial charge in [0.2, 0.25) is 5.91 Å². The molecule has 0 aliphatic carbocycles. The molecule has 3 N–H and O–H groups in total. The molecule has 76 valence electrons. The van der Waals surface area contributed by atoms with Crippen LogP contribution in [-0.2, 0) is 9.59 Å². The van der Waals surface area contributed by atoms with Gasteiger partial charge in [-0.25, -0.2) is 0 Å². The third-order valence-electron chi connectivity index (χ3n) is 1.46. The highest BCUT2D eigenvalue weighted by Gasteiger charge is 2.13. The molecule has 13 heavy (non-hydrogen) atoms. The number of likely N-dealkylation sites (N-methyl/N-ethyl adjacent to an activating group) is 1. The van der Waals surface area contributed by atoms with Crippen LogP contribution in [0.15, 0.2) is 0 Å². The van der Waals surface area contributed by atoms with Crippen LogP contribution in [0.5, 0.6) is 0 Å². The summed E-state index contributed by atoms with van der Waals surface area (Å²) in [4.78, 5) is 22.0. The largest absolute Gasteiger partial charge is 0.358 e. The van der Waals surface area contributed by atoms with E-state index in [2.05, 4.69) is 5.32 Å². The molecule has 0 saturated heterocycles. The number of hydrogen-bond donors (Lipinski definition) is 2. The fourth-order valence-corrected chi connectivity index (χ4v) is 1.59. The predicted molar refractivity (Wildman–Crippen MR) is 54.4 cm³/mol. The number of carbonyl (C=O) groups excluding carboxylic acids is 2. The number of rotatable bonds is 5. The maximum absolute atomic E-state index is 11.0. The molecule has 0 aromatic heterocycles. The highest BCUT2D eigenvalue weighted by molar-refractivity contribution is 8.13. The fraction of sp³-hybridized carbons (Fsp3) is 0.750. The normalized spacial score (nSPS) is 12.2. The molecule has 1 atom stereocenters. The van der Waals surface area contributed by atoms with E-state index in [9.17, 15) is 9.59 Å². The molecule has 0 bridgehead atoms. The van der Waals surface area contributed by atoms with Crippen molar-refractivity contribution in [3.05, 3.63) is 0 Å². The van der Waals surface area contributed by atoms with E-state index in [-0.39, 0.29) is 11.0 Å². The molecule has 0 rings (SSSR count). The zero-order valence-corrected chi connectivity index (χ0v) is 8.82. The lowest BCUT2D eigenvalue weighted by molar-refractivity contribution is -0.121. The Morgan fingerprint density at radius 3 is 2.62 bits per heavy atom. The van der Waals surface area contributed by atoms with Crippen molar-refractivity contribution in [1.82, 2.24) is 5.32 Å². The van der Waals surface area contributed by atoms with E-state index in [4.69, 9.17) is 5.73 Å². The van der Waals surface area contributed by atoms with Gasteiger partial charge in [0.1, 0.15) is 0 Å². The van der Waals surface area contributed by atoms with Gasteiger partial charge in [0, 0.05) is 19.2 Å². The van der Waals surface area contributed by atoms with Crippen LogP contribution >= 0.6 is 11.8 Å². The number of hydrogen-bond acceptors (Lipinski definition) is 4. The summed E-state index contributed by atoms with van der Waals surface area (Å²) < 4.78 is 0. The Labute approximate surface area is 82.6 Å². The standard InChI is InChI=1S/C8H16N2O2S/c1-3-4-7(11)13-5-6(9)8(12)10-2/h6H,3-5,9H2,1-2H3,(H,10,12)/t6-/m1/s1. The van der Waals surface area contributed by atoms with Crippen LogP contribution in [0.3, 0.4) is 0 Å². The highest BCUT2D eigenvalue weighted by Crippen LogP contribution is 2.07. The van der Waals surface area contributed by atoms with E-state index in [1.54, 1.807) is 0 Å². The molecule has 4 nitrogen and oxygen atoms in total. The topological polar surface area (TPSA) is 72.2 Å². The Bertz CT molecular complexity index is 185. The first-order valence-corrected chi connectivity index (χ1v) is 5.23. The Balaban J connectivity index is 3.63. The molecule has 0 radical (unpaired) electrons. The smallest absolute Gasteiger partial charge is 0.237 e. The molecule has 0 fully saturated rings. The fourth-order valence-electron chi connectivity index (χ4n) is 0.720. The number of thioether (sulfide) groups is 1. The van der Waals surface area contributed by atoms with Gasteiger partial charge in [0.25, 0.3) is 0 Å². The third kappa shape index (κ3) is 5.65. The Kier molecular flexibility index (Phi) is 6.62. The summed E-state index contributed by atoms with van der Waals surface area (Å²) in [6.07, 6.45) is 1.38. The Morgan fingerprint density at radius 2 is 2.15 bits per heavy atom. The van der Waals surface area contributed by atoms with Gasteiger partial charge >= 0.3 is 0 Å². The molecule has 5 heteroatoms. The van der Waals surface area contributed by atoms with Crippen molar-refractivity contribution in [2.24, 2.45) is 5.73 Å². The van der Waals surface area contributed by atoms with Crippen molar-refractivity contribution in [2.75, 3.05) is 12.8 Å². The second kappa shape index (κ2) is 6.91. The van der Waals surface area contributed by atoms with E-state index in [1.807, 2.05) is 6.92 Å². The molecule has 0 aliphatic heterocycles. The average Bonchev–Trinajstić information content (AvgIpc) is 2.13. The quantitative estimate of drug-likeness (QED) is 0.667. The van der Waals surface area contributed by atoms with Crippen LogP contribution in [0, 0.1) is 0 Å². The van der Waals surface area contributed by atoms with E-state index in [0.29, 0.717) is 12.2 Å². The Morgan fingerprint density at radius 1 is 1.54 bits per heavy atom. The van der Waals surface area contributed by atoms with Crippen molar-refractivity contribution in [1.29, 1.82) is 0 Å². The average molecular weight is 204 g/mol. The van der Waals surface area contributed by atoms with Gasteiger partial charge in [-0.05, 0) is 6.42 Å². The summed E-state index contributed by atoms with van der Waals surface area (Å²) in [6, 6.07) is -0.587. The summed E-state index contributed by atoms with van der Waals surface area (Å²) in [5, 5.41) is 2.53. The van der Waals surface area contributed by atoms with Crippen LogP contribution < -0.4 is 11.1 Å². The summed E-state index contributed by atoms with van der Waals surface area (Å²) in [5.74, 6) is 0.134. The minimum absolute atomic E-state index is 0.0989. The molecule has 0 aliphatic rings. The monoisotopic (exact) mass is 204 g/mol. The first kappa shape index (κ1) is 12.4. The van der Waals surface area contributed by atoms with Crippen molar-refractivity contribution in [3.63, 3.8) is 0 Å². The lowest BCUT2D eigenvalue weighted by atomic mass is 10.3. The van der Waals surface area contributed by atoms with Crippen LogP contribution in [-0.4, -0.2) is 29.9 Å². The third-order valence-corrected chi connectivity index (χ3v) is 2.51. The van der Waals surface area contributed by atoms with Crippen molar-refractivity contribution in [2.45, 2.75) is 25.8 Å². The maximum Gasteiger partial charge on any atom is 0.237 e. The first-order chi connectivity index (χ1) is 6.11. The molecule has 0 saturated carbocycles. The molecule has 0 aromatic rings. The van der Waals surface area contributed by atoms with Gasteiger partial charge < -0.3 is 11.1 Å². The lowest BCUT2D eigenvalue weighted by Gasteiger charge is -2.07. The van der Waals surface area contributed by atoms with E-state index >= 15 is 0 Å². The van der Waals surface area contributed by atoms with Crippen LogP contribution in [0.25, 0.3) is 0 Å². The van der Waals surface area contributed by atoms with Crippen molar-refractivity contribution in [3.8, 4) is 0 Å². The van der Waals surface area contributed by atoms with Crippen molar-refractivity contribution < 1.29 is 9.59 Å². The zero-order valence-electron chi connectivity index (χ0n) is 8.00. The van der Waals surface area contributed by atoms with Gasteiger partial charge in [-0.15, -0.1) is 0 Å². The number of carbonyl (C=O) groups is 2. The highest BCUT2D eigenvalue weighted by atomic mass is 32.2. The van der Waals surface area contributed by atoms with Crippen molar-refractivity contribution >= 4 is 22.8 Å². The van der Waals surface area contributed by atoms with E-state index in [0.717, 1.165) is 18.2 Å². The minimum atomic E-state index is -0.587. The summed E-state index contributed by atoms with van der Waals surface area (Å²) in [6.45, 7) is 1.94. The second-order valence-corrected chi connectivity index (χ2v) is 3.73. The van der Waals surface area contributed by atoms with Gasteiger partial charge in [-0.1, -0.05) is 18.7 Å². The first-order valence-electron chi connectivity index (χ1n) is 4.24. The molecule has 0 heterocycles. The van der Waals surface area contributed by atoms with Crippen LogP contribution in [0.1, 0.15) is 19.8 Å². The van der Waals surface area contributed by atoms with Crippen LogP contribution in [0.4, 0.5) is 0 Å². The number of nitrogens with one attached hydrogen (secondary N) is 1. The molecular formula is C8H16N2O2S.